The molecule has 0 bridgehead atoms. The Morgan fingerprint density at radius 2 is 1.87 bits per heavy atom. The van der Waals surface area contributed by atoms with Crippen molar-refractivity contribution in [3.8, 4) is 0 Å². The van der Waals surface area contributed by atoms with Gasteiger partial charge in [0.25, 0.3) is 0 Å². The second kappa shape index (κ2) is 9.67. The number of aromatic nitrogens is 2. The lowest BCUT2D eigenvalue weighted by molar-refractivity contribution is -0.133. The van der Waals surface area contributed by atoms with E-state index in [0.717, 1.165) is 64.0 Å². The summed E-state index contributed by atoms with van der Waals surface area (Å²) in [7, 11) is 2.14. The average molecular weight is 409 g/mol. The third kappa shape index (κ3) is 5.43. The topological polar surface area (TPSA) is 58.6 Å². The van der Waals surface area contributed by atoms with E-state index in [4.69, 9.17) is 4.74 Å². The molecule has 160 valence electrons. The normalized spacial score (nSPS) is 20.7. The molecule has 6 heteroatoms. The zero-order valence-corrected chi connectivity index (χ0v) is 17.9. The standard InChI is InChI=1S/C24H32N4O2/c1-27(17-21-5-3-11-26-16-21)18-22-14-24(19-30-22)8-12-28(13-9-24)23(29)7-6-20-4-2-10-25-15-20/h2-5,10-11,15-16,22H,6-9,12-14,17-19H2,1H3/t22-/m0/s1. The van der Waals surface area contributed by atoms with Crippen LogP contribution in [0.1, 0.15) is 36.8 Å². The molecule has 6 nitrogen and oxygen atoms in total. The molecule has 1 atom stereocenters. The maximum absolute atomic E-state index is 12.6. The van der Waals surface area contributed by atoms with Crippen molar-refractivity contribution in [1.82, 2.24) is 19.8 Å². The molecule has 0 saturated carbocycles. The van der Waals surface area contributed by atoms with Crippen molar-refractivity contribution >= 4 is 5.91 Å². The first kappa shape index (κ1) is 20.9. The van der Waals surface area contributed by atoms with Gasteiger partial charge in [0.15, 0.2) is 0 Å². The quantitative estimate of drug-likeness (QED) is 0.705. The summed E-state index contributed by atoms with van der Waals surface area (Å²) in [5, 5.41) is 0. The molecule has 1 amide bonds. The Balaban J connectivity index is 1.20. The Hall–Kier alpha value is -2.31. The first-order valence-electron chi connectivity index (χ1n) is 11.0. The van der Waals surface area contributed by atoms with Gasteiger partial charge in [-0.1, -0.05) is 12.1 Å². The molecule has 2 fully saturated rings. The molecule has 0 radical (unpaired) electrons. The summed E-state index contributed by atoms with van der Waals surface area (Å²) >= 11 is 0. The monoisotopic (exact) mass is 408 g/mol. The number of pyridine rings is 2. The second-order valence-corrected chi connectivity index (χ2v) is 8.94. The van der Waals surface area contributed by atoms with Crippen LogP contribution in [0.4, 0.5) is 0 Å². The van der Waals surface area contributed by atoms with E-state index >= 15 is 0 Å². The smallest absolute Gasteiger partial charge is 0.222 e. The highest BCUT2D eigenvalue weighted by atomic mass is 16.5. The SMILES string of the molecule is CN(Cc1cccnc1)C[C@@H]1CC2(CCN(C(=O)CCc3cccnc3)CC2)CO1. The van der Waals surface area contributed by atoms with Crippen LogP contribution in [0.15, 0.2) is 49.1 Å². The number of piperidine rings is 1. The molecule has 2 aromatic heterocycles. The summed E-state index contributed by atoms with van der Waals surface area (Å²) < 4.78 is 6.19. The lowest BCUT2D eigenvalue weighted by Gasteiger charge is -2.38. The van der Waals surface area contributed by atoms with Crippen molar-refractivity contribution < 1.29 is 9.53 Å². The molecule has 0 aliphatic carbocycles. The minimum atomic E-state index is 0.250. The number of rotatable bonds is 7. The fourth-order valence-corrected chi connectivity index (χ4v) is 4.76. The largest absolute Gasteiger partial charge is 0.376 e. The Kier molecular flexibility index (Phi) is 6.75. The molecule has 2 aliphatic heterocycles. The number of ether oxygens (including phenoxy) is 1. The van der Waals surface area contributed by atoms with Crippen molar-refractivity contribution in [1.29, 1.82) is 0 Å². The highest BCUT2D eigenvalue weighted by Crippen LogP contribution is 2.42. The molecule has 2 saturated heterocycles. The maximum Gasteiger partial charge on any atom is 0.222 e. The highest BCUT2D eigenvalue weighted by molar-refractivity contribution is 5.76. The van der Waals surface area contributed by atoms with Gasteiger partial charge in [-0.3, -0.25) is 19.7 Å². The van der Waals surface area contributed by atoms with Crippen LogP contribution in [-0.2, 0) is 22.5 Å². The minimum Gasteiger partial charge on any atom is -0.376 e. The predicted octanol–water partition coefficient (Wildman–Crippen LogP) is 2.94. The summed E-state index contributed by atoms with van der Waals surface area (Å²) in [4.78, 5) is 25.3. The molecular formula is C24H32N4O2. The van der Waals surface area contributed by atoms with Crippen LogP contribution in [0, 0.1) is 5.41 Å². The number of likely N-dealkylation sites (tertiary alicyclic amines) is 1. The van der Waals surface area contributed by atoms with Gasteiger partial charge in [-0.15, -0.1) is 0 Å². The molecule has 0 aromatic carbocycles. The van der Waals surface area contributed by atoms with Crippen molar-refractivity contribution in [2.45, 2.75) is 44.8 Å². The van der Waals surface area contributed by atoms with Crippen molar-refractivity contribution in [3.05, 3.63) is 60.2 Å². The Morgan fingerprint density at radius 3 is 2.53 bits per heavy atom. The van der Waals surface area contributed by atoms with Crippen molar-refractivity contribution in [3.63, 3.8) is 0 Å². The zero-order valence-electron chi connectivity index (χ0n) is 17.9. The number of amides is 1. The van der Waals surface area contributed by atoms with E-state index in [2.05, 4.69) is 28.0 Å². The number of carbonyl (C=O) groups excluding carboxylic acids is 1. The number of nitrogens with zero attached hydrogens (tertiary/aromatic N) is 4. The third-order valence-electron chi connectivity index (χ3n) is 6.50. The molecular weight excluding hydrogens is 376 g/mol. The van der Waals surface area contributed by atoms with Crippen molar-refractivity contribution in [2.24, 2.45) is 5.41 Å². The van der Waals surface area contributed by atoms with Gasteiger partial charge in [-0.05, 0) is 61.4 Å². The molecule has 1 spiro atoms. The number of aryl methyl sites for hydroxylation is 1. The number of hydrogen-bond acceptors (Lipinski definition) is 5. The lowest BCUT2D eigenvalue weighted by atomic mass is 9.76. The number of hydrogen-bond donors (Lipinski definition) is 0. The molecule has 0 unspecified atom stereocenters. The van der Waals surface area contributed by atoms with E-state index in [1.807, 2.05) is 41.7 Å². The van der Waals surface area contributed by atoms with Crippen LogP contribution in [0.2, 0.25) is 0 Å². The highest BCUT2D eigenvalue weighted by Gasteiger charge is 2.43. The predicted molar refractivity (Wildman–Crippen MR) is 116 cm³/mol. The van der Waals surface area contributed by atoms with Crippen LogP contribution in [0.5, 0.6) is 0 Å². The second-order valence-electron chi connectivity index (χ2n) is 8.94. The van der Waals surface area contributed by atoms with Gasteiger partial charge in [0.2, 0.25) is 5.91 Å². The van der Waals surface area contributed by atoms with E-state index in [0.29, 0.717) is 6.42 Å². The Bertz CT molecular complexity index is 806. The summed E-state index contributed by atoms with van der Waals surface area (Å²) in [5.41, 5.74) is 2.60. The van der Waals surface area contributed by atoms with Gasteiger partial charge >= 0.3 is 0 Å². The van der Waals surface area contributed by atoms with Gasteiger partial charge in [-0.25, -0.2) is 0 Å². The zero-order chi connectivity index (χ0) is 20.8. The van der Waals surface area contributed by atoms with Gasteiger partial charge in [0.05, 0.1) is 12.7 Å². The molecule has 4 rings (SSSR count). The van der Waals surface area contributed by atoms with E-state index < -0.39 is 0 Å². The summed E-state index contributed by atoms with van der Waals surface area (Å²) in [5.74, 6) is 0.264. The van der Waals surface area contributed by atoms with E-state index in [1.54, 1.807) is 6.20 Å². The molecule has 2 aliphatic rings. The van der Waals surface area contributed by atoms with Gasteiger partial charge in [0.1, 0.15) is 0 Å². The van der Waals surface area contributed by atoms with Crippen LogP contribution in [0.3, 0.4) is 0 Å². The average Bonchev–Trinajstić information content (AvgIpc) is 3.15. The minimum absolute atomic E-state index is 0.250. The molecule has 2 aromatic rings. The molecule has 0 N–H and O–H groups in total. The Morgan fingerprint density at radius 1 is 1.17 bits per heavy atom. The van der Waals surface area contributed by atoms with Gasteiger partial charge in [0, 0.05) is 57.4 Å². The summed E-state index contributed by atoms with van der Waals surface area (Å²) in [6, 6.07) is 8.06. The summed E-state index contributed by atoms with van der Waals surface area (Å²) in [6.07, 6.45) is 12.2. The van der Waals surface area contributed by atoms with E-state index in [9.17, 15) is 4.79 Å². The van der Waals surface area contributed by atoms with Crippen LogP contribution in [0.25, 0.3) is 0 Å². The fraction of sp³-hybridized carbons (Fsp3) is 0.542. The van der Waals surface area contributed by atoms with Gasteiger partial charge < -0.3 is 9.64 Å². The fourth-order valence-electron chi connectivity index (χ4n) is 4.76. The number of likely N-dealkylation sites (N-methyl/N-ethyl adjacent to an activating group) is 1. The van der Waals surface area contributed by atoms with Crippen LogP contribution in [-0.4, -0.2) is 65.1 Å². The summed E-state index contributed by atoms with van der Waals surface area (Å²) in [6.45, 7) is 4.36. The van der Waals surface area contributed by atoms with Gasteiger partial charge in [-0.2, -0.15) is 0 Å². The van der Waals surface area contributed by atoms with Crippen molar-refractivity contribution in [2.75, 3.05) is 33.3 Å². The first-order chi connectivity index (χ1) is 14.6. The maximum atomic E-state index is 12.6. The first-order valence-corrected chi connectivity index (χ1v) is 11.0. The lowest BCUT2D eigenvalue weighted by Crippen LogP contribution is -2.43. The van der Waals surface area contributed by atoms with E-state index in [-0.39, 0.29) is 17.4 Å². The van der Waals surface area contributed by atoms with Crippen LogP contribution >= 0.6 is 0 Å². The Labute approximate surface area is 179 Å². The third-order valence-corrected chi connectivity index (χ3v) is 6.50. The number of carbonyl (C=O) groups is 1. The molecule has 30 heavy (non-hydrogen) atoms. The molecule has 4 heterocycles. The van der Waals surface area contributed by atoms with Crippen LogP contribution < -0.4 is 0 Å². The van der Waals surface area contributed by atoms with E-state index in [1.165, 1.54) is 5.56 Å².